The fourth-order valence-electron chi connectivity index (χ4n) is 2.34. The van der Waals surface area contributed by atoms with Crippen LogP contribution < -0.4 is 10.6 Å². The van der Waals surface area contributed by atoms with E-state index in [9.17, 15) is 0 Å². The molecule has 1 aromatic heterocycles. The molecular formula is C11H15N3. The summed E-state index contributed by atoms with van der Waals surface area (Å²) >= 11 is 0. The van der Waals surface area contributed by atoms with Crippen LogP contribution in [0.4, 0.5) is 11.5 Å². The Kier molecular flexibility index (Phi) is 1.66. The SMILES string of the molecule is c1cnc2c(c1)NCC1(CCC1)CN2. The molecule has 74 valence electrons. The molecule has 0 amide bonds. The van der Waals surface area contributed by atoms with Crippen molar-refractivity contribution in [2.24, 2.45) is 5.41 Å². The Hall–Kier alpha value is -1.25. The highest BCUT2D eigenvalue weighted by Gasteiger charge is 2.38. The Morgan fingerprint density at radius 1 is 1.21 bits per heavy atom. The van der Waals surface area contributed by atoms with Gasteiger partial charge >= 0.3 is 0 Å². The van der Waals surface area contributed by atoms with Crippen LogP contribution in [-0.2, 0) is 0 Å². The Balaban J connectivity index is 1.86. The van der Waals surface area contributed by atoms with Gasteiger partial charge in [0.1, 0.15) is 5.82 Å². The van der Waals surface area contributed by atoms with Gasteiger partial charge in [-0.2, -0.15) is 0 Å². The molecule has 3 rings (SSSR count). The zero-order chi connectivity index (χ0) is 9.43. The van der Waals surface area contributed by atoms with Crippen molar-refractivity contribution in [3.05, 3.63) is 18.3 Å². The topological polar surface area (TPSA) is 37.0 Å². The van der Waals surface area contributed by atoms with Gasteiger partial charge < -0.3 is 10.6 Å². The van der Waals surface area contributed by atoms with Crippen LogP contribution in [0.25, 0.3) is 0 Å². The number of rotatable bonds is 0. The van der Waals surface area contributed by atoms with E-state index in [1.165, 1.54) is 19.3 Å². The molecule has 1 aliphatic heterocycles. The van der Waals surface area contributed by atoms with E-state index >= 15 is 0 Å². The van der Waals surface area contributed by atoms with Crippen LogP contribution in [0.5, 0.6) is 0 Å². The van der Waals surface area contributed by atoms with E-state index in [0.717, 1.165) is 24.6 Å². The fourth-order valence-corrected chi connectivity index (χ4v) is 2.34. The molecule has 14 heavy (non-hydrogen) atoms. The maximum absolute atomic E-state index is 4.33. The van der Waals surface area contributed by atoms with Gasteiger partial charge in [0.25, 0.3) is 0 Å². The first-order valence-corrected chi connectivity index (χ1v) is 5.31. The molecule has 1 aromatic rings. The van der Waals surface area contributed by atoms with E-state index in [2.05, 4.69) is 21.7 Å². The maximum Gasteiger partial charge on any atom is 0.149 e. The Labute approximate surface area is 83.9 Å². The standard InChI is InChI=1S/C11H15N3/c1-3-9-10(12-6-1)14-8-11(7-13-9)4-2-5-11/h1,3,6,13H,2,4-5,7-8H2,(H,12,14). The number of hydrogen-bond donors (Lipinski definition) is 2. The average molecular weight is 189 g/mol. The van der Waals surface area contributed by atoms with Gasteiger partial charge in [-0.05, 0) is 25.0 Å². The van der Waals surface area contributed by atoms with Crippen molar-refractivity contribution in [3.8, 4) is 0 Å². The summed E-state index contributed by atoms with van der Waals surface area (Å²) in [5.74, 6) is 1.01. The number of pyridine rings is 1. The second kappa shape index (κ2) is 2.87. The highest BCUT2D eigenvalue weighted by atomic mass is 15.1. The summed E-state index contributed by atoms with van der Waals surface area (Å²) in [4.78, 5) is 4.33. The minimum atomic E-state index is 0.501. The second-order valence-electron chi connectivity index (χ2n) is 4.46. The van der Waals surface area contributed by atoms with Gasteiger partial charge in [-0.15, -0.1) is 0 Å². The number of fused-ring (bicyclic) bond motifs is 1. The van der Waals surface area contributed by atoms with Crippen molar-refractivity contribution in [3.63, 3.8) is 0 Å². The first-order valence-electron chi connectivity index (χ1n) is 5.31. The summed E-state index contributed by atoms with van der Waals surface area (Å²) in [5, 5.41) is 6.94. The predicted molar refractivity (Wildman–Crippen MR) is 57.5 cm³/mol. The van der Waals surface area contributed by atoms with Crippen LogP contribution in [0.2, 0.25) is 0 Å². The lowest BCUT2D eigenvalue weighted by atomic mass is 9.69. The molecule has 0 aromatic carbocycles. The molecule has 2 aliphatic rings. The van der Waals surface area contributed by atoms with Gasteiger partial charge in [0, 0.05) is 24.7 Å². The Morgan fingerprint density at radius 2 is 2.07 bits per heavy atom. The highest BCUT2D eigenvalue weighted by molar-refractivity contribution is 5.65. The minimum absolute atomic E-state index is 0.501. The Morgan fingerprint density at radius 3 is 2.86 bits per heavy atom. The third kappa shape index (κ3) is 1.15. The van der Waals surface area contributed by atoms with Crippen LogP contribution >= 0.6 is 0 Å². The smallest absolute Gasteiger partial charge is 0.149 e. The molecule has 0 bridgehead atoms. The lowest BCUT2D eigenvalue weighted by Crippen LogP contribution is -2.40. The normalized spacial score (nSPS) is 22.6. The molecule has 3 nitrogen and oxygen atoms in total. The predicted octanol–water partition coefficient (Wildman–Crippen LogP) is 2.09. The molecule has 1 saturated carbocycles. The van der Waals surface area contributed by atoms with Crippen LogP contribution in [0, 0.1) is 5.41 Å². The second-order valence-corrected chi connectivity index (χ2v) is 4.46. The molecule has 0 atom stereocenters. The third-order valence-electron chi connectivity index (χ3n) is 3.51. The molecule has 1 fully saturated rings. The van der Waals surface area contributed by atoms with Crippen molar-refractivity contribution in [1.29, 1.82) is 0 Å². The van der Waals surface area contributed by atoms with Gasteiger partial charge in [0.15, 0.2) is 0 Å². The first-order chi connectivity index (χ1) is 6.88. The van der Waals surface area contributed by atoms with Gasteiger partial charge in [0.2, 0.25) is 0 Å². The monoisotopic (exact) mass is 189 g/mol. The van der Waals surface area contributed by atoms with E-state index in [-0.39, 0.29) is 0 Å². The zero-order valence-electron chi connectivity index (χ0n) is 8.21. The van der Waals surface area contributed by atoms with E-state index in [0.29, 0.717) is 5.41 Å². The number of nitrogens with one attached hydrogen (secondary N) is 2. The number of nitrogens with zero attached hydrogens (tertiary/aromatic N) is 1. The summed E-state index contributed by atoms with van der Waals surface area (Å²) in [6, 6.07) is 4.07. The summed E-state index contributed by atoms with van der Waals surface area (Å²) in [6.45, 7) is 2.17. The molecule has 1 spiro atoms. The molecule has 2 N–H and O–H groups in total. The molecule has 3 heteroatoms. The molecule has 1 aliphatic carbocycles. The maximum atomic E-state index is 4.33. The zero-order valence-corrected chi connectivity index (χ0v) is 8.21. The lowest BCUT2D eigenvalue weighted by Gasteiger charge is -2.40. The number of aromatic nitrogens is 1. The summed E-state index contributed by atoms with van der Waals surface area (Å²) in [6.07, 6.45) is 5.92. The summed E-state index contributed by atoms with van der Waals surface area (Å²) in [5.41, 5.74) is 1.65. The Bertz CT molecular complexity index is 315. The van der Waals surface area contributed by atoms with Gasteiger partial charge in [-0.3, -0.25) is 0 Å². The van der Waals surface area contributed by atoms with Crippen molar-refractivity contribution in [1.82, 2.24) is 4.98 Å². The van der Waals surface area contributed by atoms with E-state index < -0.39 is 0 Å². The molecule has 0 unspecified atom stereocenters. The number of hydrogen-bond acceptors (Lipinski definition) is 3. The van der Waals surface area contributed by atoms with E-state index in [1.807, 2.05) is 12.3 Å². The van der Waals surface area contributed by atoms with Crippen molar-refractivity contribution in [2.45, 2.75) is 19.3 Å². The fraction of sp³-hybridized carbons (Fsp3) is 0.545. The molecular weight excluding hydrogens is 174 g/mol. The lowest BCUT2D eigenvalue weighted by molar-refractivity contribution is 0.171. The largest absolute Gasteiger partial charge is 0.381 e. The quantitative estimate of drug-likeness (QED) is 0.656. The van der Waals surface area contributed by atoms with Gasteiger partial charge in [0.05, 0.1) is 5.69 Å². The van der Waals surface area contributed by atoms with Crippen LogP contribution in [0.15, 0.2) is 18.3 Å². The van der Waals surface area contributed by atoms with Crippen molar-refractivity contribution >= 4 is 11.5 Å². The number of anilines is 2. The molecule has 0 saturated heterocycles. The molecule has 0 radical (unpaired) electrons. The van der Waals surface area contributed by atoms with E-state index in [4.69, 9.17) is 0 Å². The first kappa shape index (κ1) is 8.09. The van der Waals surface area contributed by atoms with Crippen LogP contribution in [-0.4, -0.2) is 18.1 Å². The molecule has 2 heterocycles. The average Bonchev–Trinajstić information content (AvgIpc) is 2.36. The highest BCUT2D eigenvalue weighted by Crippen LogP contribution is 2.42. The summed E-state index contributed by atoms with van der Waals surface area (Å²) in [7, 11) is 0. The van der Waals surface area contributed by atoms with Gasteiger partial charge in [-0.25, -0.2) is 4.98 Å². The minimum Gasteiger partial charge on any atom is -0.381 e. The van der Waals surface area contributed by atoms with Gasteiger partial charge in [-0.1, -0.05) is 6.42 Å². The third-order valence-corrected chi connectivity index (χ3v) is 3.51. The van der Waals surface area contributed by atoms with E-state index in [1.54, 1.807) is 0 Å². The van der Waals surface area contributed by atoms with Crippen molar-refractivity contribution < 1.29 is 0 Å². The van der Waals surface area contributed by atoms with Crippen LogP contribution in [0.3, 0.4) is 0 Å². The summed E-state index contributed by atoms with van der Waals surface area (Å²) < 4.78 is 0. The van der Waals surface area contributed by atoms with Crippen molar-refractivity contribution in [2.75, 3.05) is 23.7 Å². The van der Waals surface area contributed by atoms with Crippen LogP contribution in [0.1, 0.15) is 19.3 Å².